The number of non-ortho nitro benzene ring substituents is 1. The number of sulfonamides is 1. The van der Waals surface area contributed by atoms with E-state index in [1.165, 1.54) is 53.4 Å². The van der Waals surface area contributed by atoms with Crippen molar-refractivity contribution in [2.24, 2.45) is 5.92 Å². The Hall–Kier alpha value is -3.67. The lowest BCUT2D eigenvalue weighted by atomic mass is 10.1. The summed E-state index contributed by atoms with van der Waals surface area (Å²) in [5.74, 6) is -0.960. The Morgan fingerprint density at radius 3 is 2.29 bits per heavy atom. The lowest BCUT2D eigenvalue weighted by molar-refractivity contribution is -0.384. The predicted octanol–water partition coefficient (Wildman–Crippen LogP) is 5.68. The van der Waals surface area contributed by atoms with Crippen molar-refractivity contribution in [2.75, 3.05) is 17.4 Å². The maximum absolute atomic E-state index is 14.1. The molecule has 3 rings (SSSR count). The van der Waals surface area contributed by atoms with Crippen molar-refractivity contribution in [1.82, 2.24) is 10.2 Å². The molecule has 0 aliphatic rings. The Balaban J connectivity index is 2.10. The van der Waals surface area contributed by atoms with Gasteiger partial charge in [0, 0.05) is 35.3 Å². The Kier molecular flexibility index (Phi) is 11.3. The van der Waals surface area contributed by atoms with Crippen molar-refractivity contribution < 1.29 is 22.9 Å². The smallest absolute Gasteiger partial charge is 0.271 e. The molecule has 1 N–H and O–H groups in total. The summed E-state index contributed by atoms with van der Waals surface area (Å²) in [5, 5.41) is 15.0. The van der Waals surface area contributed by atoms with E-state index in [4.69, 9.17) is 23.2 Å². The van der Waals surface area contributed by atoms with Crippen LogP contribution in [-0.4, -0.2) is 49.2 Å². The Morgan fingerprint density at radius 2 is 1.69 bits per heavy atom. The summed E-state index contributed by atoms with van der Waals surface area (Å²) in [4.78, 5) is 39.4. The maximum atomic E-state index is 14.1. The van der Waals surface area contributed by atoms with Gasteiger partial charge in [-0.1, -0.05) is 74.3 Å². The first-order valence-electron chi connectivity index (χ1n) is 13.2. The Labute approximate surface area is 255 Å². The fourth-order valence-electron chi connectivity index (χ4n) is 4.19. The lowest BCUT2D eigenvalue weighted by Crippen LogP contribution is -2.52. The topological polar surface area (TPSA) is 130 Å². The highest BCUT2D eigenvalue weighted by molar-refractivity contribution is 7.92. The van der Waals surface area contributed by atoms with Crippen LogP contribution in [0.25, 0.3) is 0 Å². The minimum Gasteiger partial charge on any atom is -0.354 e. The standard InChI is InChI=1S/C29H32Cl2N4O6S/c1-4-27(29(37)32-17-20(2)3)33(18-21-13-14-22(30)15-26(21)31)28(36)19-34(23-9-8-10-24(16-23)35(38)39)42(40,41)25-11-6-5-7-12-25/h5-16,20,27H,4,17-19H2,1-3H3,(H,32,37). The Bertz CT molecular complexity index is 1540. The summed E-state index contributed by atoms with van der Waals surface area (Å²) in [5.41, 5.74) is 0.0676. The van der Waals surface area contributed by atoms with Crippen LogP contribution in [0, 0.1) is 16.0 Å². The van der Waals surface area contributed by atoms with Crippen molar-refractivity contribution in [1.29, 1.82) is 0 Å². The van der Waals surface area contributed by atoms with E-state index in [0.717, 1.165) is 10.4 Å². The number of amides is 2. The van der Waals surface area contributed by atoms with E-state index >= 15 is 0 Å². The average molecular weight is 636 g/mol. The van der Waals surface area contributed by atoms with Gasteiger partial charge in [0.2, 0.25) is 11.8 Å². The number of benzene rings is 3. The zero-order valence-corrected chi connectivity index (χ0v) is 25.7. The monoisotopic (exact) mass is 634 g/mol. The molecular formula is C29H32Cl2N4O6S. The van der Waals surface area contributed by atoms with E-state index < -0.39 is 39.3 Å². The summed E-state index contributed by atoms with van der Waals surface area (Å²) in [6, 6.07) is 16.2. The molecule has 0 fully saturated rings. The van der Waals surface area contributed by atoms with Crippen LogP contribution in [0.1, 0.15) is 32.8 Å². The van der Waals surface area contributed by atoms with E-state index in [1.807, 2.05) is 13.8 Å². The molecule has 1 unspecified atom stereocenters. The number of nitro groups is 1. The van der Waals surface area contributed by atoms with Crippen LogP contribution in [0.4, 0.5) is 11.4 Å². The molecule has 0 saturated carbocycles. The SMILES string of the molecule is CCC(C(=O)NCC(C)C)N(Cc1ccc(Cl)cc1Cl)C(=O)CN(c1cccc([N+](=O)[O-])c1)S(=O)(=O)c1ccccc1. The van der Waals surface area contributed by atoms with Crippen LogP contribution in [0.15, 0.2) is 77.7 Å². The summed E-state index contributed by atoms with van der Waals surface area (Å²) < 4.78 is 28.5. The third kappa shape index (κ3) is 8.21. The van der Waals surface area contributed by atoms with Crippen LogP contribution >= 0.6 is 23.2 Å². The van der Waals surface area contributed by atoms with Gasteiger partial charge >= 0.3 is 0 Å². The van der Waals surface area contributed by atoms with Crippen molar-refractivity contribution in [3.8, 4) is 0 Å². The number of rotatable bonds is 13. The third-order valence-corrected chi connectivity index (χ3v) is 8.74. The molecule has 0 aliphatic heterocycles. The first kappa shape index (κ1) is 32.8. The number of carbonyl (C=O) groups is 2. The molecule has 0 spiro atoms. The minimum absolute atomic E-state index is 0.0804. The molecule has 2 amide bonds. The van der Waals surface area contributed by atoms with Gasteiger partial charge in [0.1, 0.15) is 12.6 Å². The maximum Gasteiger partial charge on any atom is 0.271 e. The molecule has 224 valence electrons. The molecule has 0 radical (unpaired) electrons. The number of hydrogen-bond donors (Lipinski definition) is 1. The molecule has 0 heterocycles. The molecule has 13 heteroatoms. The molecular weight excluding hydrogens is 603 g/mol. The Morgan fingerprint density at radius 1 is 1.00 bits per heavy atom. The van der Waals surface area contributed by atoms with Gasteiger partial charge in [-0.3, -0.25) is 24.0 Å². The van der Waals surface area contributed by atoms with Crippen LogP contribution in [0.2, 0.25) is 10.0 Å². The molecule has 3 aromatic carbocycles. The molecule has 0 aliphatic carbocycles. The lowest BCUT2D eigenvalue weighted by Gasteiger charge is -2.33. The van der Waals surface area contributed by atoms with Crippen LogP contribution < -0.4 is 9.62 Å². The van der Waals surface area contributed by atoms with E-state index in [1.54, 1.807) is 25.1 Å². The summed E-state index contributed by atoms with van der Waals surface area (Å²) in [6.45, 7) is 5.13. The normalized spacial score (nSPS) is 12.0. The van der Waals surface area contributed by atoms with Crippen LogP contribution in [0.3, 0.4) is 0 Å². The molecule has 42 heavy (non-hydrogen) atoms. The number of halogens is 2. The van der Waals surface area contributed by atoms with Gasteiger partial charge in [0.15, 0.2) is 0 Å². The number of nitro benzene ring substituents is 1. The second kappa shape index (κ2) is 14.5. The fourth-order valence-corrected chi connectivity index (χ4v) is 6.08. The third-order valence-electron chi connectivity index (χ3n) is 6.36. The highest BCUT2D eigenvalue weighted by atomic mass is 35.5. The summed E-state index contributed by atoms with van der Waals surface area (Å²) in [6.07, 6.45) is 0.225. The molecule has 3 aromatic rings. The fraction of sp³-hybridized carbons (Fsp3) is 0.310. The molecule has 1 atom stereocenters. The van der Waals surface area contributed by atoms with Gasteiger partial charge in [-0.05, 0) is 48.2 Å². The second-order valence-corrected chi connectivity index (χ2v) is 12.6. The highest BCUT2D eigenvalue weighted by Gasteiger charge is 2.34. The van der Waals surface area contributed by atoms with E-state index in [-0.39, 0.29) is 40.2 Å². The zero-order chi connectivity index (χ0) is 31.0. The van der Waals surface area contributed by atoms with Crippen molar-refractivity contribution in [3.05, 3.63) is 98.5 Å². The van der Waals surface area contributed by atoms with Crippen molar-refractivity contribution in [2.45, 2.75) is 44.7 Å². The average Bonchev–Trinajstić information content (AvgIpc) is 2.96. The molecule has 0 bridgehead atoms. The van der Waals surface area contributed by atoms with Crippen LogP contribution in [0.5, 0.6) is 0 Å². The van der Waals surface area contributed by atoms with Gasteiger partial charge < -0.3 is 10.2 Å². The number of nitrogens with zero attached hydrogens (tertiary/aromatic N) is 3. The van der Waals surface area contributed by atoms with Gasteiger partial charge in [-0.2, -0.15) is 0 Å². The van der Waals surface area contributed by atoms with Crippen molar-refractivity contribution >= 4 is 56.4 Å². The van der Waals surface area contributed by atoms with E-state index in [0.29, 0.717) is 17.1 Å². The largest absolute Gasteiger partial charge is 0.354 e. The van der Waals surface area contributed by atoms with Crippen molar-refractivity contribution in [3.63, 3.8) is 0 Å². The minimum atomic E-state index is -4.37. The number of anilines is 1. The molecule has 0 saturated heterocycles. The summed E-state index contributed by atoms with van der Waals surface area (Å²) >= 11 is 12.5. The van der Waals surface area contributed by atoms with Gasteiger partial charge in [0.05, 0.1) is 15.5 Å². The highest BCUT2D eigenvalue weighted by Crippen LogP contribution is 2.29. The van der Waals surface area contributed by atoms with Gasteiger partial charge in [-0.15, -0.1) is 0 Å². The summed E-state index contributed by atoms with van der Waals surface area (Å²) in [7, 11) is -4.37. The predicted molar refractivity (Wildman–Crippen MR) is 163 cm³/mol. The van der Waals surface area contributed by atoms with E-state index in [9.17, 15) is 28.1 Å². The van der Waals surface area contributed by atoms with Gasteiger partial charge in [-0.25, -0.2) is 8.42 Å². The quantitative estimate of drug-likeness (QED) is 0.190. The molecule has 0 aromatic heterocycles. The number of hydrogen-bond acceptors (Lipinski definition) is 6. The van der Waals surface area contributed by atoms with Crippen LogP contribution in [-0.2, 0) is 26.2 Å². The van der Waals surface area contributed by atoms with E-state index in [2.05, 4.69) is 5.32 Å². The number of nitrogens with one attached hydrogen (secondary N) is 1. The first-order chi connectivity index (χ1) is 19.8. The first-order valence-corrected chi connectivity index (χ1v) is 15.4. The zero-order valence-electron chi connectivity index (χ0n) is 23.4. The van der Waals surface area contributed by atoms with Gasteiger partial charge in [0.25, 0.3) is 15.7 Å². The number of carbonyl (C=O) groups excluding carboxylic acids is 2. The second-order valence-electron chi connectivity index (χ2n) is 9.92. The molecule has 10 nitrogen and oxygen atoms in total.